The number of thioether (sulfide) groups is 1. The smallest absolute Gasteiger partial charge is 0.326 e. The molecule has 1 fully saturated rings. The van der Waals surface area contributed by atoms with Crippen molar-refractivity contribution >= 4 is 17.7 Å². The van der Waals surface area contributed by atoms with E-state index < -0.39 is 10.9 Å². The van der Waals surface area contributed by atoms with E-state index in [1.54, 1.807) is 6.92 Å². The molecule has 98 valence electrons. The summed E-state index contributed by atoms with van der Waals surface area (Å²) in [6.45, 7) is 11.5. The van der Waals surface area contributed by atoms with Crippen molar-refractivity contribution in [3.05, 3.63) is 11.6 Å². The first-order valence-electron chi connectivity index (χ1n) is 5.82. The molecule has 1 heterocycles. The zero-order valence-electron chi connectivity index (χ0n) is 11.4. The van der Waals surface area contributed by atoms with Gasteiger partial charge in [0.1, 0.15) is 4.75 Å². The molecule has 0 aromatic heterocycles. The predicted octanol–water partition coefficient (Wildman–Crippen LogP) is 2.73. The van der Waals surface area contributed by atoms with Gasteiger partial charge in [0.2, 0.25) is 0 Å². The maximum atomic E-state index is 12.0. The molecule has 1 rings (SSSR count). The number of hydrogen-bond acceptors (Lipinski definition) is 4. The fourth-order valence-electron chi connectivity index (χ4n) is 1.63. The Kier molecular flexibility index (Phi) is 3.99. The normalized spacial score (nSPS) is 32.5. The first-order valence-corrected chi connectivity index (χ1v) is 6.70. The quantitative estimate of drug-likeness (QED) is 0.611. The third-order valence-electron chi connectivity index (χ3n) is 3.09. The Morgan fingerprint density at radius 1 is 1.59 bits per heavy atom. The van der Waals surface area contributed by atoms with Crippen LogP contribution in [0.4, 0.5) is 0 Å². The van der Waals surface area contributed by atoms with Gasteiger partial charge in [-0.1, -0.05) is 38.6 Å². The van der Waals surface area contributed by atoms with E-state index in [-0.39, 0.29) is 16.8 Å². The average molecular weight is 258 g/mol. The van der Waals surface area contributed by atoms with Crippen molar-refractivity contribution in [3.63, 3.8) is 0 Å². The van der Waals surface area contributed by atoms with E-state index in [1.807, 2.05) is 40.7 Å². The third-order valence-corrected chi connectivity index (χ3v) is 4.98. The lowest BCUT2D eigenvalue weighted by Crippen LogP contribution is -2.41. The average Bonchev–Trinajstić information content (AvgIpc) is 2.54. The predicted molar refractivity (Wildman–Crippen MR) is 70.8 cm³/mol. The van der Waals surface area contributed by atoms with Crippen LogP contribution in [0.25, 0.3) is 0 Å². The Morgan fingerprint density at radius 2 is 2.12 bits per heavy atom. The molecule has 0 unspecified atom stereocenters. The molecule has 3 atom stereocenters. The van der Waals surface area contributed by atoms with Crippen LogP contribution in [0.5, 0.6) is 0 Å². The van der Waals surface area contributed by atoms with Crippen molar-refractivity contribution in [2.45, 2.75) is 57.8 Å². The van der Waals surface area contributed by atoms with Gasteiger partial charge in [-0.3, -0.25) is 4.79 Å². The van der Waals surface area contributed by atoms with Gasteiger partial charge in [0.15, 0.2) is 5.44 Å². The minimum atomic E-state index is -0.894. The van der Waals surface area contributed by atoms with Gasteiger partial charge in [0, 0.05) is 5.41 Å². The van der Waals surface area contributed by atoms with Crippen molar-refractivity contribution in [2.75, 3.05) is 0 Å². The topological polar surface area (TPSA) is 46.5 Å². The molecule has 1 aliphatic heterocycles. The number of aliphatic hydroxyl groups is 1. The van der Waals surface area contributed by atoms with Crippen LogP contribution in [0.3, 0.4) is 0 Å². The molecule has 0 amide bonds. The number of rotatable bonds is 2. The highest BCUT2D eigenvalue weighted by molar-refractivity contribution is 8.02. The van der Waals surface area contributed by atoms with Gasteiger partial charge < -0.3 is 9.84 Å². The minimum absolute atomic E-state index is 0.123. The van der Waals surface area contributed by atoms with Crippen molar-refractivity contribution in [2.24, 2.45) is 5.41 Å². The van der Waals surface area contributed by atoms with Crippen LogP contribution in [-0.2, 0) is 9.53 Å². The van der Waals surface area contributed by atoms with Gasteiger partial charge in [0.05, 0.1) is 6.10 Å². The van der Waals surface area contributed by atoms with Gasteiger partial charge in [0.25, 0.3) is 0 Å². The number of esters is 1. The fourth-order valence-corrected chi connectivity index (χ4v) is 3.02. The van der Waals surface area contributed by atoms with E-state index in [2.05, 4.69) is 0 Å². The van der Waals surface area contributed by atoms with Crippen LogP contribution in [0, 0.1) is 5.41 Å². The Labute approximate surface area is 108 Å². The van der Waals surface area contributed by atoms with Crippen molar-refractivity contribution in [1.82, 2.24) is 0 Å². The summed E-state index contributed by atoms with van der Waals surface area (Å²) in [5.41, 5.74) is 0.465. The van der Waals surface area contributed by atoms with E-state index in [0.29, 0.717) is 0 Å². The van der Waals surface area contributed by atoms with Gasteiger partial charge in [-0.15, -0.1) is 0 Å². The second kappa shape index (κ2) is 4.65. The lowest BCUT2D eigenvalue weighted by atomic mass is 9.97. The standard InChI is InChI=1S/C13H22O3S/c1-7-8(2)9(14)13(6)10(15)16-11(17-13)12(3,4)5/h7,9,11,14H,1-6H3/b8-7+/t9-,11-,13+/m1/s1. The Balaban J connectivity index is 2.96. The molecule has 0 radical (unpaired) electrons. The molecule has 1 saturated heterocycles. The maximum Gasteiger partial charge on any atom is 0.326 e. The van der Waals surface area contributed by atoms with Crippen LogP contribution >= 0.6 is 11.8 Å². The van der Waals surface area contributed by atoms with Crippen LogP contribution in [0.2, 0.25) is 0 Å². The van der Waals surface area contributed by atoms with E-state index in [0.717, 1.165) is 5.57 Å². The largest absolute Gasteiger partial charge is 0.450 e. The monoisotopic (exact) mass is 258 g/mol. The molecule has 0 aromatic carbocycles. The molecule has 3 nitrogen and oxygen atoms in total. The molecule has 0 spiro atoms. The fraction of sp³-hybridized carbons (Fsp3) is 0.769. The number of carbonyl (C=O) groups excluding carboxylic acids is 1. The summed E-state index contributed by atoms with van der Waals surface area (Å²) in [4.78, 5) is 12.0. The summed E-state index contributed by atoms with van der Waals surface area (Å²) in [6.07, 6.45) is 1.03. The highest BCUT2D eigenvalue weighted by Crippen LogP contribution is 2.48. The molecule has 0 bridgehead atoms. The molecule has 0 aromatic rings. The molecular weight excluding hydrogens is 236 g/mol. The van der Waals surface area contributed by atoms with Crippen LogP contribution in [-0.4, -0.2) is 27.4 Å². The summed E-state index contributed by atoms with van der Waals surface area (Å²) in [5, 5.41) is 10.2. The summed E-state index contributed by atoms with van der Waals surface area (Å²) >= 11 is 1.42. The van der Waals surface area contributed by atoms with Crippen LogP contribution in [0.15, 0.2) is 11.6 Å². The molecule has 1 N–H and O–H groups in total. The minimum Gasteiger partial charge on any atom is -0.450 e. The van der Waals surface area contributed by atoms with Crippen molar-refractivity contribution < 1.29 is 14.6 Å². The molecule has 0 aliphatic carbocycles. The summed E-state index contributed by atoms with van der Waals surface area (Å²) in [7, 11) is 0. The number of allylic oxidation sites excluding steroid dienone is 1. The second-order valence-electron chi connectivity index (χ2n) is 5.76. The zero-order chi connectivity index (χ0) is 13.4. The summed E-state index contributed by atoms with van der Waals surface area (Å²) in [6, 6.07) is 0. The Morgan fingerprint density at radius 3 is 2.47 bits per heavy atom. The van der Waals surface area contributed by atoms with E-state index >= 15 is 0 Å². The first kappa shape index (κ1) is 14.6. The molecule has 4 heteroatoms. The first-order chi connectivity index (χ1) is 7.63. The number of hydrogen-bond donors (Lipinski definition) is 1. The van der Waals surface area contributed by atoms with Gasteiger partial charge in [-0.25, -0.2) is 0 Å². The Hall–Kier alpha value is -0.480. The zero-order valence-corrected chi connectivity index (χ0v) is 12.2. The summed E-state index contributed by atoms with van der Waals surface area (Å²) < 4.78 is 4.50. The van der Waals surface area contributed by atoms with E-state index in [1.165, 1.54) is 11.8 Å². The molecule has 0 saturated carbocycles. The SMILES string of the molecule is C/C=C(\C)[C@@H](O)[C@]1(C)S[C@H](C(C)(C)C)OC1=O. The van der Waals surface area contributed by atoms with Gasteiger partial charge in [-0.2, -0.15) is 0 Å². The lowest BCUT2D eigenvalue weighted by Gasteiger charge is -2.28. The second-order valence-corrected chi connectivity index (χ2v) is 7.28. The maximum absolute atomic E-state index is 12.0. The van der Waals surface area contributed by atoms with E-state index in [9.17, 15) is 9.90 Å². The van der Waals surface area contributed by atoms with Gasteiger partial charge >= 0.3 is 5.97 Å². The molecular formula is C13H22O3S. The van der Waals surface area contributed by atoms with Crippen molar-refractivity contribution in [1.29, 1.82) is 0 Å². The number of carbonyl (C=O) groups is 1. The molecule has 17 heavy (non-hydrogen) atoms. The number of ether oxygens (including phenoxy) is 1. The van der Waals surface area contributed by atoms with E-state index in [4.69, 9.17) is 4.74 Å². The van der Waals surface area contributed by atoms with Crippen LogP contribution in [0.1, 0.15) is 41.5 Å². The third kappa shape index (κ3) is 2.68. The Bertz CT molecular complexity index is 343. The highest BCUT2D eigenvalue weighted by atomic mass is 32.2. The van der Waals surface area contributed by atoms with Gasteiger partial charge in [-0.05, 0) is 26.3 Å². The lowest BCUT2D eigenvalue weighted by molar-refractivity contribution is -0.150. The summed E-state index contributed by atoms with van der Waals surface area (Å²) in [5.74, 6) is -0.323. The van der Waals surface area contributed by atoms with Crippen LogP contribution < -0.4 is 0 Å². The highest BCUT2D eigenvalue weighted by Gasteiger charge is 2.54. The number of cyclic esters (lactones) is 1. The van der Waals surface area contributed by atoms with Crippen molar-refractivity contribution in [3.8, 4) is 0 Å². The molecule has 1 aliphatic rings. The number of aliphatic hydroxyl groups excluding tert-OH is 1.